The van der Waals surface area contributed by atoms with Gasteiger partial charge in [-0.05, 0) is 65.5 Å². The van der Waals surface area contributed by atoms with Gasteiger partial charge in [-0.25, -0.2) is 0 Å². The van der Waals surface area contributed by atoms with E-state index in [1.807, 2.05) is 78.9 Å². The molecular weight excluding hydrogens is 663 g/mol. The first kappa shape index (κ1) is 37.8. The van der Waals surface area contributed by atoms with Crippen LogP contribution in [-0.2, 0) is 42.3 Å². The third kappa shape index (κ3) is 10.6. The molecule has 7 heteroatoms. The van der Waals surface area contributed by atoms with Gasteiger partial charge in [0.1, 0.15) is 24.2 Å². The number of aryl methyl sites for hydroxylation is 1. The highest BCUT2D eigenvalue weighted by molar-refractivity contribution is 5.93. The second-order valence-corrected chi connectivity index (χ2v) is 15.6. The summed E-state index contributed by atoms with van der Waals surface area (Å²) in [5, 5.41) is 3.29. The predicted molar refractivity (Wildman–Crippen MR) is 208 cm³/mol. The first-order valence-electron chi connectivity index (χ1n) is 19.3. The van der Waals surface area contributed by atoms with Crippen LogP contribution in [0.5, 0.6) is 11.5 Å². The van der Waals surface area contributed by atoms with Gasteiger partial charge in [0.25, 0.3) is 0 Å². The van der Waals surface area contributed by atoms with Gasteiger partial charge in [-0.2, -0.15) is 0 Å². The van der Waals surface area contributed by atoms with E-state index in [1.165, 1.54) is 19.3 Å². The number of carbonyl (C=O) groups is 3. The maximum absolute atomic E-state index is 13.9. The zero-order valence-electron chi connectivity index (χ0n) is 31.4. The van der Waals surface area contributed by atoms with E-state index in [0.29, 0.717) is 18.8 Å². The lowest BCUT2D eigenvalue weighted by molar-refractivity contribution is -0.155. The summed E-state index contributed by atoms with van der Waals surface area (Å²) in [4.78, 5) is 39.3. The van der Waals surface area contributed by atoms with E-state index in [1.54, 1.807) is 0 Å². The first-order chi connectivity index (χ1) is 25.6. The molecule has 1 N–H and O–H groups in total. The summed E-state index contributed by atoms with van der Waals surface area (Å²) in [7, 11) is 0. The summed E-state index contributed by atoms with van der Waals surface area (Å²) in [6.45, 7) is 6.64. The molecule has 0 spiro atoms. The lowest BCUT2D eigenvalue weighted by atomic mass is 9.83. The Labute approximate surface area is 314 Å². The van der Waals surface area contributed by atoms with Crippen LogP contribution in [0.15, 0.2) is 97.1 Å². The second-order valence-electron chi connectivity index (χ2n) is 15.6. The zero-order chi connectivity index (χ0) is 37.2. The number of hydrogen-bond acceptors (Lipinski definition) is 6. The lowest BCUT2D eigenvalue weighted by Crippen LogP contribution is -2.24. The van der Waals surface area contributed by atoms with Crippen molar-refractivity contribution in [3.05, 3.63) is 125 Å². The van der Waals surface area contributed by atoms with Crippen LogP contribution in [0.1, 0.15) is 119 Å². The maximum Gasteiger partial charge on any atom is 0.306 e. The average molecular weight is 716 g/mol. The van der Waals surface area contributed by atoms with E-state index in [0.717, 1.165) is 64.3 Å². The highest BCUT2D eigenvalue weighted by Gasteiger charge is 2.30. The number of hydrogen-bond donors (Lipinski definition) is 1. The summed E-state index contributed by atoms with van der Waals surface area (Å²) in [5.74, 6) is 1.13. The van der Waals surface area contributed by atoms with Crippen molar-refractivity contribution in [2.24, 2.45) is 5.92 Å². The fraction of sp³-hybridized carbons (Fsp3) is 0.413. The molecule has 1 aliphatic heterocycles. The Morgan fingerprint density at radius 3 is 2.09 bits per heavy atom. The molecular formula is C46H53NO6. The van der Waals surface area contributed by atoms with Crippen LogP contribution >= 0.6 is 0 Å². The standard InChI is InChI=1S/C46H53NO6/c1-46(2,3)39-25-23-33(29-40(39)47-43(48)30-38-36-18-10-12-20-41(36)53-42-21-13-11-19-37(38)42)22-24-35(28-32-14-6-4-7-15-32)52-45(50)27-26-44(49)51-31-34-16-8-5-9-17-34/h5,8-13,16-21,23,25,29,32,35,38H,4,6-7,14-15,22,24,26-28,30-31H2,1-3H3,(H,47,48). The summed E-state index contributed by atoms with van der Waals surface area (Å²) in [6, 6.07) is 31.7. The largest absolute Gasteiger partial charge is 0.462 e. The van der Waals surface area contributed by atoms with Gasteiger partial charge in [-0.3, -0.25) is 14.4 Å². The Morgan fingerprint density at radius 1 is 0.774 bits per heavy atom. The van der Waals surface area contributed by atoms with Crippen LogP contribution in [0, 0.1) is 5.92 Å². The number of amides is 1. The number of ether oxygens (including phenoxy) is 3. The zero-order valence-corrected chi connectivity index (χ0v) is 31.4. The summed E-state index contributed by atoms with van der Waals surface area (Å²) in [6.07, 6.45) is 8.17. The molecule has 4 aromatic carbocycles. The van der Waals surface area contributed by atoms with Gasteiger partial charge < -0.3 is 19.5 Å². The van der Waals surface area contributed by atoms with Crippen LogP contribution in [0.25, 0.3) is 0 Å². The molecule has 7 nitrogen and oxygen atoms in total. The van der Waals surface area contributed by atoms with Crippen molar-refractivity contribution in [3.8, 4) is 11.5 Å². The Kier molecular flexibility index (Phi) is 12.7. The molecule has 2 aliphatic rings. The number of carbonyl (C=O) groups excluding carboxylic acids is 3. The molecule has 278 valence electrons. The fourth-order valence-corrected chi connectivity index (χ4v) is 7.73. The quantitative estimate of drug-likeness (QED) is 0.131. The monoisotopic (exact) mass is 715 g/mol. The minimum Gasteiger partial charge on any atom is -0.462 e. The summed E-state index contributed by atoms with van der Waals surface area (Å²) >= 11 is 0. The Hall–Kier alpha value is -4.91. The normalized spacial score (nSPS) is 15.0. The van der Waals surface area contributed by atoms with E-state index in [-0.39, 0.29) is 55.2 Å². The summed E-state index contributed by atoms with van der Waals surface area (Å²) < 4.78 is 17.6. The summed E-state index contributed by atoms with van der Waals surface area (Å²) in [5.41, 5.74) is 5.67. The van der Waals surface area contributed by atoms with Crippen LogP contribution in [0.3, 0.4) is 0 Å². The molecule has 0 radical (unpaired) electrons. The van der Waals surface area contributed by atoms with Crippen LogP contribution < -0.4 is 10.1 Å². The molecule has 4 aromatic rings. The van der Waals surface area contributed by atoms with Gasteiger partial charge in [-0.15, -0.1) is 0 Å². The molecule has 1 saturated carbocycles. The molecule has 1 heterocycles. The van der Waals surface area contributed by atoms with Gasteiger partial charge in [-0.1, -0.05) is 132 Å². The van der Waals surface area contributed by atoms with Gasteiger partial charge >= 0.3 is 11.9 Å². The van der Waals surface area contributed by atoms with Gasteiger partial charge in [0.15, 0.2) is 0 Å². The van der Waals surface area contributed by atoms with Crippen molar-refractivity contribution >= 4 is 23.5 Å². The third-order valence-corrected chi connectivity index (χ3v) is 10.5. The molecule has 1 fully saturated rings. The number of fused-ring (bicyclic) bond motifs is 2. The third-order valence-electron chi connectivity index (χ3n) is 10.5. The number of esters is 2. The van der Waals surface area contributed by atoms with Crippen LogP contribution in [0.2, 0.25) is 0 Å². The van der Waals surface area contributed by atoms with Crippen LogP contribution in [0.4, 0.5) is 5.69 Å². The Balaban J connectivity index is 1.11. The molecule has 1 unspecified atom stereocenters. The van der Waals surface area contributed by atoms with Crippen molar-refractivity contribution in [2.75, 3.05) is 5.32 Å². The number of nitrogens with one attached hydrogen (secondary N) is 1. The van der Waals surface area contributed by atoms with E-state index in [9.17, 15) is 14.4 Å². The van der Waals surface area contributed by atoms with E-state index in [4.69, 9.17) is 14.2 Å². The molecule has 1 amide bonds. The van der Waals surface area contributed by atoms with E-state index in [2.05, 4.69) is 44.3 Å². The SMILES string of the molecule is CC(C)(C)c1ccc(CCC(CC2CCCCC2)OC(=O)CCC(=O)OCc2ccccc2)cc1NC(=O)CC1c2ccccc2Oc2ccccc21. The smallest absolute Gasteiger partial charge is 0.306 e. The van der Waals surface area contributed by atoms with Crippen molar-refractivity contribution in [2.45, 2.75) is 115 Å². The molecule has 0 saturated heterocycles. The Morgan fingerprint density at radius 2 is 1.42 bits per heavy atom. The average Bonchev–Trinajstić information content (AvgIpc) is 3.15. The molecule has 6 rings (SSSR count). The topological polar surface area (TPSA) is 90.9 Å². The van der Waals surface area contributed by atoms with Gasteiger partial charge in [0, 0.05) is 29.2 Å². The van der Waals surface area contributed by atoms with Crippen molar-refractivity contribution < 1.29 is 28.6 Å². The highest BCUT2D eigenvalue weighted by Crippen LogP contribution is 2.45. The minimum atomic E-state index is -0.409. The van der Waals surface area contributed by atoms with Crippen molar-refractivity contribution in [3.63, 3.8) is 0 Å². The number of rotatable bonds is 14. The molecule has 1 atom stereocenters. The van der Waals surface area contributed by atoms with Crippen molar-refractivity contribution in [1.82, 2.24) is 0 Å². The Bertz CT molecular complexity index is 1810. The van der Waals surface area contributed by atoms with Crippen molar-refractivity contribution in [1.29, 1.82) is 0 Å². The van der Waals surface area contributed by atoms with E-state index >= 15 is 0 Å². The molecule has 0 aromatic heterocycles. The van der Waals surface area contributed by atoms with Crippen LogP contribution in [-0.4, -0.2) is 23.9 Å². The number of para-hydroxylation sites is 2. The first-order valence-corrected chi connectivity index (χ1v) is 19.3. The highest BCUT2D eigenvalue weighted by atomic mass is 16.5. The number of benzene rings is 4. The lowest BCUT2D eigenvalue weighted by Gasteiger charge is -2.29. The molecule has 0 bridgehead atoms. The number of anilines is 1. The predicted octanol–water partition coefficient (Wildman–Crippen LogP) is 10.6. The van der Waals surface area contributed by atoms with Gasteiger partial charge in [0.05, 0.1) is 12.8 Å². The maximum atomic E-state index is 13.9. The fourth-order valence-electron chi connectivity index (χ4n) is 7.73. The second kappa shape index (κ2) is 17.7. The minimum absolute atomic E-state index is 0.00663. The molecule has 1 aliphatic carbocycles. The van der Waals surface area contributed by atoms with E-state index < -0.39 is 5.97 Å². The molecule has 53 heavy (non-hydrogen) atoms. The van der Waals surface area contributed by atoms with Gasteiger partial charge in [0.2, 0.25) is 5.91 Å².